The van der Waals surface area contributed by atoms with Gasteiger partial charge in [-0.2, -0.15) is 0 Å². The lowest BCUT2D eigenvalue weighted by molar-refractivity contribution is -0.141. The van der Waals surface area contributed by atoms with Crippen molar-refractivity contribution < 1.29 is 34.0 Å². The summed E-state index contributed by atoms with van der Waals surface area (Å²) in [6, 6.07) is 10.1. The number of aliphatic hydroxyl groups excluding tert-OH is 1. The summed E-state index contributed by atoms with van der Waals surface area (Å²) in [5, 5.41) is 20.7. The highest BCUT2D eigenvalue weighted by Crippen LogP contribution is 2.39. The zero-order valence-electron chi connectivity index (χ0n) is 16.0. The van der Waals surface area contributed by atoms with E-state index in [9.17, 15) is 15.0 Å². The fraction of sp³-hybridized carbons (Fsp3) is 0.381. The van der Waals surface area contributed by atoms with Gasteiger partial charge in [0.05, 0.1) is 40.0 Å². The van der Waals surface area contributed by atoms with Crippen molar-refractivity contribution in [1.82, 2.24) is 0 Å². The number of phenols is 1. The van der Waals surface area contributed by atoms with Gasteiger partial charge < -0.3 is 29.2 Å². The van der Waals surface area contributed by atoms with Crippen molar-refractivity contribution in [3.05, 3.63) is 47.5 Å². The minimum Gasteiger partial charge on any atom is -0.504 e. The number of phenolic OH excluding ortho intramolecular Hbond substituents is 1. The van der Waals surface area contributed by atoms with Crippen LogP contribution < -0.4 is 14.2 Å². The Hall–Kier alpha value is -2.93. The van der Waals surface area contributed by atoms with Gasteiger partial charge in [0, 0.05) is 5.92 Å². The Bertz CT molecular complexity index is 849. The van der Waals surface area contributed by atoms with Crippen LogP contribution in [0.15, 0.2) is 36.4 Å². The van der Waals surface area contributed by atoms with Crippen LogP contribution >= 0.6 is 0 Å². The smallest absolute Gasteiger partial charge is 0.309 e. The molecule has 0 spiro atoms. The molecule has 3 atom stereocenters. The molecule has 2 aromatic carbocycles. The number of aliphatic hydroxyl groups is 1. The first-order valence-corrected chi connectivity index (χ1v) is 8.91. The Balaban J connectivity index is 1.83. The molecule has 1 aliphatic rings. The number of aromatic hydroxyl groups is 1. The number of carbonyl (C=O) groups is 1. The number of carbonyl (C=O) groups excluding carboxylic acids is 1. The molecule has 1 heterocycles. The minimum atomic E-state index is -0.907. The molecule has 0 amide bonds. The summed E-state index contributed by atoms with van der Waals surface area (Å²) in [7, 11) is 4.53. The Labute approximate surface area is 163 Å². The molecular formula is C21H24O7. The SMILES string of the molecule is COc1cc(C[C@H]2C(=O)OC[C@@H]2[C@H](O)c2ccc(OC)c(OC)c2)ccc1O. The second-order valence-electron chi connectivity index (χ2n) is 6.67. The molecule has 7 nitrogen and oxygen atoms in total. The number of rotatable bonds is 7. The van der Waals surface area contributed by atoms with E-state index in [-0.39, 0.29) is 18.3 Å². The predicted octanol–water partition coefficient (Wildman–Crippen LogP) is 2.48. The maximum Gasteiger partial charge on any atom is 0.309 e. The van der Waals surface area contributed by atoms with Gasteiger partial charge in [-0.05, 0) is 41.8 Å². The highest BCUT2D eigenvalue weighted by molar-refractivity contribution is 5.75. The van der Waals surface area contributed by atoms with Crippen molar-refractivity contribution in [1.29, 1.82) is 0 Å². The van der Waals surface area contributed by atoms with Crippen LogP contribution in [-0.2, 0) is 16.0 Å². The molecule has 150 valence electrons. The maximum absolute atomic E-state index is 12.3. The van der Waals surface area contributed by atoms with Gasteiger partial charge in [-0.25, -0.2) is 0 Å². The van der Waals surface area contributed by atoms with Gasteiger partial charge in [0.25, 0.3) is 0 Å². The number of benzene rings is 2. The predicted molar refractivity (Wildman–Crippen MR) is 101 cm³/mol. The van der Waals surface area contributed by atoms with Crippen LogP contribution in [0.25, 0.3) is 0 Å². The number of esters is 1. The number of hydrogen-bond acceptors (Lipinski definition) is 7. The lowest BCUT2D eigenvalue weighted by atomic mass is 9.83. The van der Waals surface area contributed by atoms with Gasteiger partial charge >= 0.3 is 5.97 Å². The van der Waals surface area contributed by atoms with E-state index in [4.69, 9.17) is 18.9 Å². The van der Waals surface area contributed by atoms with Crippen LogP contribution in [0, 0.1) is 11.8 Å². The molecule has 0 unspecified atom stereocenters. The quantitative estimate of drug-likeness (QED) is 0.704. The molecule has 0 radical (unpaired) electrons. The van der Waals surface area contributed by atoms with E-state index >= 15 is 0 Å². The Morgan fingerprint density at radius 1 is 1.04 bits per heavy atom. The summed E-state index contributed by atoms with van der Waals surface area (Å²) in [6.07, 6.45) is -0.542. The molecule has 0 bridgehead atoms. The van der Waals surface area contributed by atoms with Gasteiger partial charge in [-0.15, -0.1) is 0 Å². The first-order valence-electron chi connectivity index (χ1n) is 8.91. The van der Waals surface area contributed by atoms with E-state index in [1.54, 1.807) is 37.4 Å². The normalized spacial score (nSPS) is 19.8. The van der Waals surface area contributed by atoms with Crippen LogP contribution in [0.3, 0.4) is 0 Å². The number of methoxy groups -OCH3 is 3. The molecule has 1 aliphatic heterocycles. The van der Waals surface area contributed by atoms with Crippen molar-refractivity contribution in [2.75, 3.05) is 27.9 Å². The van der Waals surface area contributed by atoms with Crippen molar-refractivity contribution in [3.63, 3.8) is 0 Å². The van der Waals surface area contributed by atoms with Crippen molar-refractivity contribution >= 4 is 5.97 Å². The first kappa shape index (κ1) is 19.8. The van der Waals surface area contributed by atoms with Crippen LogP contribution in [0.4, 0.5) is 0 Å². The number of cyclic esters (lactones) is 1. The Kier molecular flexibility index (Phi) is 5.94. The molecule has 3 rings (SSSR count). The largest absolute Gasteiger partial charge is 0.504 e. The van der Waals surface area contributed by atoms with E-state index < -0.39 is 17.9 Å². The average molecular weight is 388 g/mol. The highest BCUT2D eigenvalue weighted by Gasteiger charge is 2.41. The monoisotopic (exact) mass is 388 g/mol. The summed E-state index contributed by atoms with van der Waals surface area (Å²) in [4.78, 5) is 12.3. The summed E-state index contributed by atoms with van der Waals surface area (Å²) >= 11 is 0. The molecule has 2 aromatic rings. The third-order valence-electron chi connectivity index (χ3n) is 5.09. The average Bonchev–Trinajstić information content (AvgIpc) is 3.08. The maximum atomic E-state index is 12.3. The van der Waals surface area contributed by atoms with Crippen molar-refractivity contribution in [2.45, 2.75) is 12.5 Å². The molecule has 28 heavy (non-hydrogen) atoms. The zero-order valence-corrected chi connectivity index (χ0v) is 16.0. The summed E-state index contributed by atoms with van der Waals surface area (Å²) < 4.78 is 20.9. The molecule has 1 saturated heterocycles. The topological polar surface area (TPSA) is 94.5 Å². The Morgan fingerprint density at radius 3 is 2.43 bits per heavy atom. The van der Waals surface area contributed by atoms with Crippen LogP contribution in [0.1, 0.15) is 17.2 Å². The third kappa shape index (κ3) is 3.84. The second-order valence-corrected chi connectivity index (χ2v) is 6.67. The van der Waals surface area contributed by atoms with Gasteiger partial charge in [-0.1, -0.05) is 12.1 Å². The highest BCUT2D eigenvalue weighted by atomic mass is 16.5. The first-order chi connectivity index (χ1) is 13.5. The van der Waals surface area contributed by atoms with E-state index in [0.29, 0.717) is 29.2 Å². The molecule has 1 fully saturated rings. The van der Waals surface area contributed by atoms with E-state index in [1.807, 2.05) is 0 Å². The Morgan fingerprint density at radius 2 is 1.75 bits per heavy atom. The summed E-state index contributed by atoms with van der Waals surface area (Å²) in [5.74, 6) is 0.149. The molecule has 2 N–H and O–H groups in total. The molecular weight excluding hydrogens is 364 g/mol. The van der Waals surface area contributed by atoms with Gasteiger partial charge in [0.1, 0.15) is 0 Å². The molecule has 7 heteroatoms. The van der Waals surface area contributed by atoms with E-state index in [0.717, 1.165) is 5.56 Å². The number of ether oxygens (including phenoxy) is 4. The van der Waals surface area contributed by atoms with Crippen molar-refractivity contribution in [2.24, 2.45) is 11.8 Å². The fourth-order valence-corrected chi connectivity index (χ4v) is 3.51. The summed E-state index contributed by atoms with van der Waals surface area (Å²) in [6.45, 7) is 0.133. The van der Waals surface area contributed by atoms with Crippen molar-refractivity contribution in [3.8, 4) is 23.0 Å². The lowest BCUT2D eigenvalue weighted by Gasteiger charge is -2.22. The second kappa shape index (κ2) is 8.39. The molecule has 0 aliphatic carbocycles. The van der Waals surface area contributed by atoms with E-state index in [2.05, 4.69) is 0 Å². The fourth-order valence-electron chi connectivity index (χ4n) is 3.51. The van der Waals surface area contributed by atoms with Crippen LogP contribution in [0.2, 0.25) is 0 Å². The number of hydrogen-bond donors (Lipinski definition) is 2. The zero-order chi connectivity index (χ0) is 20.3. The summed E-state index contributed by atoms with van der Waals surface area (Å²) in [5.41, 5.74) is 1.43. The minimum absolute atomic E-state index is 0.0298. The third-order valence-corrected chi connectivity index (χ3v) is 5.09. The van der Waals surface area contributed by atoms with Gasteiger partial charge in [0.15, 0.2) is 23.0 Å². The van der Waals surface area contributed by atoms with Crippen LogP contribution in [-0.4, -0.2) is 44.1 Å². The van der Waals surface area contributed by atoms with Crippen LogP contribution in [0.5, 0.6) is 23.0 Å². The van der Waals surface area contributed by atoms with Gasteiger partial charge in [0.2, 0.25) is 0 Å². The standard InChI is InChI=1S/C21H24O7/c1-25-17-7-5-13(10-19(17)27-3)20(23)15-11-28-21(24)14(15)8-12-4-6-16(22)18(9-12)26-2/h4-7,9-10,14-15,20,22-23H,8,11H2,1-3H3/t14-,15+,20-/m1/s1. The van der Waals surface area contributed by atoms with E-state index in [1.165, 1.54) is 20.3 Å². The lowest BCUT2D eigenvalue weighted by Crippen LogP contribution is -2.24. The molecule has 0 aromatic heterocycles. The molecule has 0 saturated carbocycles. The van der Waals surface area contributed by atoms with Gasteiger partial charge in [-0.3, -0.25) is 4.79 Å².